The van der Waals surface area contributed by atoms with E-state index in [0.29, 0.717) is 27.5 Å². The van der Waals surface area contributed by atoms with Crippen molar-refractivity contribution < 1.29 is 4.79 Å². The van der Waals surface area contributed by atoms with Crippen LogP contribution in [0.25, 0.3) is 11.3 Å². The third kappa shape index (κ3) is 4.88. The summed E-state index contributed by atoms with van der Waals surface area (Å²) in [5, 5.41) is 6.81. The Bertz CT molecular complexity index is 1460. The lowest BCUT2D eigenvalue weighted by Gasteiger charge is -2.15. The van der Waals surface area contributed by atoms with Crippen LogP contribution in [0.3, 0.4) is 0 Å². The molecule has 172 valence electrons. The molecule has 0 spiro atoms. The molecule has 0 amide bonds. The average Bonchev–Trinajstić information content (AvgIpc) is 3.24. The quantitative estimate of drug-likeness (QED) is 0.239. The Balaban J connectivity index is 1.73. The van der Waals surface area contributed by atoms with Crippen molar-refractivity contribution in [1.82, 2.24) is 9.55 Å². The van der Waals surface area contributed by atoms with Crippen LogP contribution < -0.4 is 10.6 Å². The highest BCUT2D eigenvalue weighted by atomic mass is 79.9. The van der Waals surface area contributed by atoms with Crippen LogP contribution in [0.15, 0.2) is 114 Å². The molecule has 1 heterocycles. The van der Waals surface area contributed by atoms with Crippen molar-refractivity contribution in [2.45, 2.75) is 6.92 Å². The second kappa shape index (κ2) is 9.99. The first-order chi connectivity index (χ1) is 17.1. The Morgan fingerprint density at radius 2 is 1.34 bits per heavy atom. The smallest absolute Gasteiger partial charge is 0.267 e. The van der Waals surface area contributed by atoms with Crippen molar-refractivity contribution in [3.8, 4) is 11.3 Å². The second-order valence-corrected chi connectivity index (χ2v) is 8.96. The Morgan fingerprint density at radius 1 is 0.743 bits per heavy atom. The van der Waals surface area contributed by atoms with Gasteiger partial charge in [-0.25, -0.2) is 9.55 Å². The molecule has 35 heavy (non-hydrogen) atoms. The number of aromatic nitrogens is 2. The van der Waals surface area contributed by atoms with Crippen LogP contribution >= 0.6 is 15.9 Å². The van der Waals surface area contributed by atoms with Crippen LogP contribution in [0.1, 0.15) is 15.9 Å². The topological polar surface area (TPSA) is 59.0 Å². The lowest BCUT2D eigenvalue weighted by molar-refractivity contribution is 0.0964. The third-order valence-corrected chi connectivity index (χ3v) is 6.27. The number of aryl methyl sites for hydroxylation is 1. The number of nitrogens with zero attached hydrogens (tertiary/aromatic N) is 2. The summed E-state index contributed by atoms with van der Waals surface area (Å²) in [5.74, 6) is 0.796. The van der Waals surface area contributed by atoms with Crippen LogP contribution in [0.4, 0.5) is 23.1 Å². The van der Waals surface area contributed by atoms with E-state index in [0.717, 1.165) is 22.5 Å². The molecule has 0 unspecified atom stereocenters. The van der Waals surface area contributed by atoms with Gasteiger partial charge in [0.15, 0.2) is 0 Å². The summed E-state index contributed by atoms with van der Waals surface area (Å²) < 4.78 is 2.32. The van der Waals surface area contributed by atoms with E-state index in [1.807, 2.05) is 110 Å². The lowest BCUT2D eigenvalue weighted by Crippen LogP contribution is -2.17. The molecule has 2 N–H and O–H groups in total. The van der Waals surface area contributed by atoms with E-state index in [4.69, 9.17) is 4.98 Å². The monoisotopic (exact) mass is 522 g/mol. The molecule has 0 saturated heterocycles. The van der Waals surface area contributed by atoms with E-state index in [9.17, 15) is 4.79 Å². The summed E-state index contributed by atoms with van der Waals surface area (Å²) in [5.41, 5.74) is 4.96. The molecule has 5 aromatic rings. The van der Waals surface area contributed by atoms with Crippen LogP contribution in [0.5, 0.6) is 0 Å². The van der Waals surface area contributed by atoms with Crippen LogP contribution in [-0.4, -0.2) is 15.5 Å². The fourth-order valence-electron chi connectivity index (χ4n) is 3.79. The lowest BCUT2D eigenvalue weighted by atomic mass is 10.1. The van der Waals surface area contributed by atoms with Gasteiger partial charge in [-0.3, -0.25) is 4.79 Å². The van der Waals surface area contributed by atoms with Crippen molar-refractivity contribution in [3.63, 3.8) is 0 Å². The first-order valence-corrected chi connectivity index (χ1v) is 12.0. The van der Waals surface area contributed by atoms with Crippen LogP contribution in [-0.2, 0) is 0 Å². The normalized spacial score (nSPS) is 10.7. The van der Waals surface area contributed by atoms with Gasteiger partial charge in [-0.2, -0.15) is 0 Å². The molecular formula is C29H23BrN4O. The molecule has 0 aliphatic heterocycles. The summed E-state index contributed by atoms with van der Waals surface area (Å²) in [6.07, 6.45) is 0. The van der Waals surface area contributed by atoms with E-state index in [1.165, 1.54) is 0 Å². The van der Waals surface area contributed by atoms with Gasteiger partial charge >= 0.3 is 0 Å². The maximum Gasteiger partial charge on any atom is 0.267 e. The van der Waals surface area contributed by atoms with E-state index in [1.54, 1.807) is 10.6 Å². The number of halogens is 1. The number of imidazole rings is 1. The molecule has 5 nitrogen and oxygen atoms in total. The summed E-state index contributed by atoms with van der Waals surface area (Å²) in [7, 11) is 0. The molecule has 0 atom stereocenters. The van der Waals surface area contributed by atoms with Crippen molar-refractivity contribution >= 4 is 45.0 Å². The zero-order valence-electron chi connectivity index (χ0n) is 19.1. The number of nitrogens with one attached hydrogen (secondary N) is 2. The first-order valence-electron chi connectivity index (χ1n) is 11.2. The number of hydrogen-bond acceptors (Lipinski definition) is 4. The fraction of sp³-hybridized carbons (Fsp3) is 0.0345. The summed E-state index contributed by atoms with van der Waals surface area (Å²) in [4.78, 5) is 18.9. The molecule has 0 radical (unpaired) electrons. The third-order valence-electron chi connectivity index (χ3n) is 5.58. The van der Waals surface area contributed by atoms with Crippen molar-refractivity contribution in [1.29, 1.82) is 0 Å². The van der Waals surface area contributed by atoms with E-state index < -0.39 is 0 Å². The van der Waals surface area contributed by atoms with Gasteiger partial charge in [0.2, 0.25) is 5.95 Å². The standard InChI is InChI=1S/C29H23BrN4O/c1-20-16-18-23(19-17-20)31-27-26(21-10-4-2-5-11-21)33-29(32-22-12-6-3-7-13-22)34(27)28(35)24-14-8-9-15-25(24)30/h2-19,31H,1H3,(H,32,33). The second-order valence-electron chi connectivity index (χ2n) is 8.10. The molecule has 0 bridgehead atoms. The minimum absolute atomic E-state index is 0.208. The summed E-state index contributed by atoms with van der Waals surface area (Å²) in [6, 6.07) is 35.0. The number of carbonyl (C=O) groups excluding carboxylic acids is 1. The molecule has 1 aromatic heterocycles. The highest BCUT2D eigenvalue weighted by molar-refractivity contribution is 9.10. The highest BCUT2D eigenvalue weighted by Gasteiger charge is 2.25. The Morgan fingerprint density at radius 3 is 2.03 bits per heavy atom. The van der Waals surface area contributed by atoms with Gasteiger partial charge in [0, 0.05) is 21.4 Å². The van der Waals surface area contributed by atoms with E-state index >= 15 is 0 Å². The Labute approximate surface area is 212 Å². The number of para-hydroxylation sites is 1. The minimum atomic E-state index is -0.208. The van der Waals surface area contributed by atoms with Gasteiger partial charge in [0.1, 0.15) is 11.5 Å². The van der Waals surface area contributed by atoms with Crippen LogP contribution in [0.2, 0.25) is 0 Å². The fourth-order valence-corrected chi connectivity index (χ4v) is 4.25. The maximum absolute atomic E-state index is 14.0. The number of anilines is 4. The largest absolute Gasteiger partial charge is 0.339 e. The minimum Gasteiger partial charge on any atom is -0.339 e. The molecule has 0 fully saturated rings. The van der Waals surface area contributed by atoms with Gasteiger partial charge in [-0.15, -0.1) is 0 Å². The Kier molecular flexibility index (Phi) is 6.46. The Hall–Kier alpha value is -4.16. The first kappa shape index (κ1) is 22.6. The maximum atomic E-state index is 14.0. The summed E-state index contributed by atoms with van der Waals surface area (Å²) in [6.45, 7) is 2.04. The predicted octanol–water partition coefficient (Wildman–Crippen LogP) is 7.80. The number of benzene rings is 4. The van der Waals surface area contributed by atoms with Crippen LogP contribution in [0, 0.1) is 6.92 Å². The predicted molar refractivity (Wildman–Crippen MR) is 146 cm³/mol. The molecule has 0 aliphatic rings. The molecule has 0 saturated carbocycles. The number of rotatable bonds is 6. The molecular weight excluding hydrogens is 500 g/mol. The molecule has 4 aromatic carbocycles. The van der Waals surface area contributed by atoms with Gasteiger partial charge in [0.25, 0.3) is 5.91 Å². The van der Waals surface area contributed by atoms with E-state index in [-0.39, 0.29) is 5.91 Å². The van der Waals surface area contributed by atoms with Gasteiger partial charge in [-0.05, 0) is 59.3 Å². The molecule has 5 rings (SSSR count). The van der Waals surface area contributed by atoms with Crippen molar-refractivity contribution in [2.24, 2.45) is 0 Å². The van der Waals surface area contributed by atoms with Crippen molar-refractivity contribution in [2.75, 3.05) is 10.6 Å². The number of hydrogen-bond donors (Lipinski definition) is 2. The van der Waals surface area contributed by atoms with E-state index in [2.05, 4.69) is 26.6 Å². The summed E-state index contributed by atoms with van der Waals surface area (Å²) >= 11 is 3.54. The van der Waals surface area contributed by atoms with Crippen molar-refractivity contribution in [3.05, 3.63) is 125 Å². The zero-order chi connectivity index (χ0) is 24.2. The molecule has 0 aliphatic carbocycles. The van der Waals surface area contributed by atoms with Gasteiger partial charge in [0.05, 0.1) is 5.56 Å². The number of carbonyl (C=O) groups is 1. The molecule has 6 heteroatoms. The highest BCUT2D eigenvalue weighted by Crippen LogP contribution is 2.35. The van der Waals surface area contributed by atoms with Gasteiger partial charge in [-0.1, -0.05) is 78.4 Å². The van der Waals surface area contributed by atoms with Gasteiger partial charge < -0.3 is 10.6 Å². The average molecular weight is 523 g/mol. The SMILES string of the molecule is Cc1ccc(Nc2c(-c3ccccc3)nc(Nc3ccccc3)n2C(=O)c2ccccc2Br)cc1. The zero-order valence-corrected chi connectivity index (χ0v) is 20.7.